The van der Waals surface area contributed by atoms with Gasteiger partial charge in [0, 0.05) is 30.6 Å². The van der Waals surface area contributed by atoms with Crippen LogP contribution in [0.3, 0.4) is 0 Å². The minimum atomic E-state index is -0.382. The number of fused-ring (bicyclic) bond motifs is 2. The fraction of sp³-hybridized carbons (Fsp3) is 0.933. The fourth-order valence-corrected chi connectivity index (χ4v) is 4.23. The van der Waals surface area contributed by atoms with E-state index in [0.29, 0.717) is 12.1 Å². The zero-order valence-corrected chi connectivity index (χ0v) is 12.3. The first-order chi connectivity index (χ1) is 8.88. The second-order valence-corrected chi connectivity index (χ2v) is 7.63. The molecule has 3 aliphatic rings. The smallest absolute Gasteiger partial charge is 0.311 e. The molecule has 3 fully saturated rings. The molecule has 108 valence electrons. The second-order valence-electron chi connectivity index (χ2n) is 7.63. The van der Waals surface area contributed by atoms with E-state index < -0.39 is 0 Å². The zero-order valence-electron chi connectivity index (χ0n) is 12.3. The average Bonchev–Trinajstić information content (AvgIpc) is 2.81. The Labute approximate surface area is 115 Å². The van der Waals surface area contributed by atoms with Crippen molar-refractivity contribution in [3.05, 3.63) is 0 Å². The highest BCUT2D eigenvalue weighted by atomic mass is 16.6. The lowest BCUT2D eigenvalue weighted by molar-refractivity contribution is -0.164. The molecular weight excluding hydrogens is 240 g/mol. The molecule has 3 heterocycles. The van der Waals surface area contributed by atoms with Crippen LogP contribution in [0.25, 0.3) is 0 Å². The van der Waals surface area contributed by atoms with Gasteiger partial charge in [-0.2, -0.15) is 0 Å². The Morgan fingerprint density at radius 1 is 1.21 bits per heavy atom. The van der Waals surface area contributed by atoms with Gasteiger partial charge in [-0.25, -0.2) is 0 Å². The number of hydrogen-bond acceptors (Lipinski definition) is 4. The minimum absolute atomic E-state index is 0.00111. The van der Waals surface area contributed by atoms with Crippen LogP contribution in [0.2, 0.25) is 0 Å². The number of hydrogen-bond donors (Lipinski definition) is 2. The van der Waals surface area contributed by atoms with E-state index in [9.17, 15) is 4.79 Å². The number of carbonyl (C=O) groups excluding carboxylic acids is 1. The molecule has 0 aliphatic carbocycles. The topological polar surface area (TPSA) is 50.4 Å². The third-order valence-corrected chi connectivity index (χ3v) is 4.90. The summed E-state index contributed by atoms with van der Waals surface area (Å²) in [5.41, 5.74) is -0.244. The number of nitrogens with one attached hydrogen (secondary N) is 2. The number of esters is 1. The number of piperidine rings is 1. The van der Waals surface area contributed by atoms with E-state index in [4.69, 9.17) is 4.74 Å². The molecule has 3 unspecified atom stereocenters. The van der Waals surface area contributed by atoms with Crippen LogP contribution in [0.15, 0.2) is 0 Å². The first kappa shape index (κ1) is 13.4. The van der Waals surface area contributed by atoms with Crippen LogP contribution in [-0.2, 0) is 9.53 Å². The predicted molar refractivity (Wildman–Crippen MR) is 73.8 cm³/mol. The first-order valence-corrected chi connectivity index (χ1v) is 7.58. The molecule has 3 rings (SSSR count). The molecule has 3 saturated heterocycles. The van der Waals surface area contributed by atoms with Crippen LogP contribution in [0.4, 0.5) is 0 Å². The van der Waals surface area contributed by atoms with E-state index >= 15 is 0 Å². The molecular formula is C15H26N2O2. The highest BCUT2D eigenvalue weighted by Crippen LogP contribution is 2.47. The van der Waals surface area contributed by atoms with Gasteiger partial charge in [0.1, 0.15) is 5.60 Å². The molecule has 3 atom stereocenters. The zero-order chi connectivity index (χ0) is 13.7. The average molecular weight is 266 g/mol. The van der Waals surface area contributed by atoms with Gasteiger partial charge < -0.3 is 15.4 Å². The summed E-state index contributed by atoms with van der Waals surface area (Å²) in [6, 6.07) is 1.23. The number of carbonyl (C=O) groups is 1. The van der Waals surface area contributed by atoms with Crippen molar-refractivity contribution < 1.29 is 9.53 Å². The summed E-state index contributed by atoms with van der Waals surface area (Å²) in [5.74, 6) is 0.0377. The Morgan fingerprint density at radius 3 is 2.42 bits per heavy atom. The summed E-state index contributed by atoms with van der Waals surface area (Å²) >= 11 is 0. The Hall–Kier alpha value is -0.610. The lowest BCUT2D eigenvalue weighted by Crippen LogP contribution is -2.50. The molecule has 0 saturated carbocycles. The number of rotatable bonds is 1. The largest absolute Gasteiger partial charge is 0.460 e. The highest BCUT2D eigenvalue weighted by Gasteiger charge is 2.53. The molecule has 3 aliphatic heterocycles. The fourth-order valence-electron chi connectivity index (χ4n) is 4.23. The van der Waals surface area contributed by atoms with Gasteiger partial charge >= 0.3 is 5.97 Å². The summed E-state index contributed by atoms with van der Waals surface area (Å²) in [6.07, 6.45) is 4.79. The van der Waals surface area contributed by atoms with Gasteiger partial charge in [0.05, 0.1) is 5.92 Å². The number of ether oxygens (including phenoxy) is 1. The lowest BCUT2D eigenvalue weighted by atomic mass is 9.69. The predicted octanol–water partition coefficient (Wildman–Crippen LogP) is 1.45. The van der Waals surface area contributed by atoms with Crippen LogP contribution in [0, 0.1) is 11.3 Å². The van der Waals surface area contributed by atoms with Crippen LogP contribution in [0.1, 0.15) is 46.5 Å². The molecule has 0 aromatic rings. The van der Waals surface area contributed by atoms with Crippen LogP contribution in [0.5, 0.6) is 0 Å². The van der Waals surface area contributed by atoms with Crippen molar-refractivity contribution in [2.45, 2.75) is 64.1 Å². The highest BCUT2D eigenvalue weighted by molar-refractivity contribution is 5.75. The van der Waals surface area contributed by atoms with Gasteiger partial charge in [-0.1, -0.05) is 0 Å². The Kier molecular flexibility index (Phi) is 3.13. The molecule has 19 heavy (non-hydrogen) atoms. The monoisotopic (exact) mass is 266 g/mol. The second kappa shape index (κ2) is 4.45. The van der Waals surface area contributed by atoms with Crippen molar-refractivity contribution in [1.29, 1.82) is 0 Å². The molecule has 0 amide bonds. The first-order valence-electron chi connectivity index (χ1n) is 7.58. The van der Waals surface area contributed by atoms with E-state index in [2.05, 4.69) is 10.6 Å². The van der Waals surface area contributed by atoms with Gasteiger partial charge in [-0.3, -0.25) is 4.79 Å². The molecule has 2 N–H and O–H groups in total. The maximum Gasteiger partial charge on any atom is 0.311 e. The van der Waals surface area contributed by atoms with Gasteiger partial charge in [0.25, 0.3) is 0 Å². The van der Waals surface area contributed by atoms with Crippen molar-refractivity contribution >= 4 is 5.97 Å². The summed E-state index contributed by atoms with van der Waals surface area (Å²) in [6.45, 7) is 7.62. The van der Waals surface area contributed by atoms with Gasteiger partial charge in [0.15, 0.2) is 0 Å². The van der Waals surface area contributed by atoms with E-state index in [1.165, 1.54) is 12.8 Å². The Morgan fingerprint density at radius 2 is 1.84 bits per heavy atom. The SMILES string of the molecule is CC(C)(C)OC(=O)C1CNCC12CC1CCC(C2)N1. The maximum atomic E-state index is 12.5. The summed E-state index contributed by atoms with van der Waals surface area (Å²) in [7, 11) is 0. The molecule has 2 bridgehead atoms. The van der Waals surface area contributed by atoms with Crippen LogP contribution in [-0.4, -0.2) is 36.7 Å². The maximum absolute atomic E-state index is 12.5. The standard InChI is InChI=1S/C15H26N2O2/c1-14(2,3)19-13(18)12-8-16-9-15(12)6-10-4-5-11(7-15)17-10/h10-12,16-17H,4-9H2,1-3H3. The molecule has 4 heteroatoms. The van der Waals surface area contributed by atoms with E-state index in [-0.39, 0.29) is 22.9 Å². The minimum Gasteiger partial charge on any atom is -0.460 e. The van der Waals surface area contributed by atoms with Crippen molar-refractivity contribution in [2.24, 2.45) is 11.3 Å². The molecule has 1 spiro atoms. The normalized spacial score (nSPS) is 41.7. The van der Waals surface area contributed by atoms with Crippen molar-refractivity contribution in [3.63, 3.8) is 0 Å². The third-order valence-electron chi connectivity index (χ3n) is 4.90. The van der Waals surface area contributed by atoms with Crippen LogP contribution < -0.4 is 10.6 Å². The summed E-state index contributed by atoms with van der Waals surface area (Å²) < 4.78 is 5.64. The molecule has 4 nitrogen and oxygen atoms in total. The van der Waals surface area contributed by atoms with E-state index in [0.717, 1.165) is 25.9 Å². The van der Waals surface area contributed by atoms with E-state index in [1.807, 2.05) is 20.8 Å². The summed E-state index contributed by atoms with van der Waals surface area (Å²) in [5, 5.41) is 7.11. The molecule has 0 aromatic heterocycles. The Balaban J connectivity index is 1.76. The van der Waals surface area contributed by atoms with Crippen LogP contribution >= 0.6 is 0 Å². The Bertz CT molecular complexity index is 363. The lowest BCUT2D eigenvalue weighted by Gasteiger charge is -2.41. The third kappa shape index (κ3) is 2.52. The van der Waals surface area contributed by atoms with Crippen molar-refractivity contribution in [2.75, 3.05) is 13.1 Å². The van der Waals surface area contributed by atoms with Crippen molar-refractivity contribution in [1.82, 2.24) is 10.6 Å². The molecule has 0 aromatic carbocycles. The van der Waals surface area contributed by atoms with Gasteiger partial charge in [-0.15, -0.1) is 0 Å². The van der Waals surface area contributed by atoms with Gasteiger partial charge in [-0.05, 0) is 46.5 Å². The van der Waals surface area contributed by atoms with E-state index in [1.54, 1.807) is 0 Å². The summed E-state index contributed by atoms with van der Waals surface area (Å²) in [4.78, 5) is 12.5. The van der Waals surface area contributed by atoms with Gasteiger partial charge in [0.2, 0.25) is 0 Å². The van der Waals surface area contributed by atoms with Crippen molar-refractivity contribution in [3.8, 4) is 0 Å². The molecule has 0 radical (unpaired) electrons. The quantitative estimate of drug-likeness (QED) is 0.705.